The van der Waals surface area contributed by atoms with Crippen molar-refractivity contribution >= 4 is 17.7 Å². The molecule has 0 heterocycles. The molecule has 0 fully saturated rings. The predicted molar refractivity (Wildman–Crippen MR) is 48.2 cm³/mol. The standard InChI is InChI=1S/C9H6ClF2NO/c10-8-3-1-7(2-4-8)5-9(11,12)13-6-14/h1-4H,5H2. The van der Waals surface area contributed by atoms with E-state index in [9.17, 15) is 13.6 Å². The van der Waals surface area contributed by atoms with E-state index < -0.39 is 12.5 Å². The molecule has 1 aromatic rings. The third-order valence-electron chi connectivity index (χ3n) is 1.54. The van der Waals surface area contributed by atoms with E-state index in [0.29, 0.717) is 10.6 Å². The van der Waals surface area contributed by atoms with Crippen molar-refractivity contribution in [2.24, 2.45) is 4.99 Å². The fourth-order valence-electron chi connectivity index (χ4n) is 0.954. The maximum absolute atomic E-state index is 12.7. The van der Waals surface area contributed by atoms with Crippen molar-refractivity contribution in [2.75, 3.05) is 0 Å². The molecule has 74 valence electrons. The van der Waals surface area contributed by atoms with E-state index in [1.165, 1.54) is 24.3 Å². The zero-order chi connectivity index (χ0) is 10.6. The molecule has 2 nitrogen and oxygen atoms in total. The number of carbonyl (C=O) groups excluding carboxylic acids is 1. The topological polar surface area (TPSA) is 29.4 Å². The molecule has 0 spiro atoms. The molecule has 0 aliphatic heterocycles. The quantitative estimate of drug-likeness (QED) is 0.435. The predicted octanol–water partition coefficient (Wildman–Crippen LogP) is 2.81. The van der Waals surface area contributed by atoms with Crippen molar-refractivity contribution in [1.82, 2.24) is 0 Å². The molecular weight excluding hydrogens is 212 g/mol. The van der Waals surface area contributed by atoms with E-state index in [1.54, 1.807) is 0 Å². The smallest absolute Gasteiger partial charge is 0.211 e. The fraction of sp³-hybridized carbons (Fsp3) is 0.222. The van der Waals surface area contributed by atoms with Crippen molar-refractivity contribution in [2.45, 2.75) is 12.5 Å². The highest BCUT2D eigenvalue weighted by Crippen LogP contribution is 2.21. The first-order valence-electron chi connectivity index (χ1n) is 3.75. The second-order valence-electron chi connectivity index (χ2n) is 2.67. The molecule has 0 saturated heterocycles. The van der Waals surface area contributed by atoms with Gasteiger partial charge in [-0.1, -0.05) is 23.7 Å². The summed E-state index contributed by atoms with van der Waals surface area (Å²) in [5, 5.41) is 0.468. The van der Waals surface area contributed by atoms with Gasteiger partial charge in [0.1, 0.15) is 0 Å². The molecule has 0 amide bonds. The van der Waals surface area contributed by atoms with Gasteiger partial charge in [-0.2, -0.15) is 8.78 Å². The highest BCUT2D eigenvalue weighted by atomic mass is 35.5. The lowest BCUT2D eigenvalue weighted by Crippen LogP contribution is -2.15. The van der Waals surface area contributed by atoms with Crippen molar-refractivity contribution in [3.63, 3.8) is 0 Å². The zero-order valence-electron chi connectivity index (χ0n) is 7.01. The SMILES string of the molecule is O=C=NC(F)(F)Cc1ccc(Cl)cc1. The van der Waals surface area contributed by atoms with E-state index in [4.69, 9.17) is 11.6 Å². The average Bonchev–Trinajstić information content (AvgIpc) is 2.08. The van der Waals surface area contributed by atoms with Crippen molar-refractivity contribution in [3.8, 4) is 0 Å². The lowest BCUT2D eigenvalue weighted by atomic mass is 10.1. The second kappa shape index (κ2) is 4.31. The van der Waals surface area contributed by atoms with Crippen molar-refractivity contribution in [3.05, 3.63) is 34.9 Å². The maximum atomic E-state index is 12.7. The van der Waals surface area contributed by atoms with Gasteiger partial charge in [0.2, 0.25) is 6.08 Å². The summed E-state index contributed by atoms with van der Waals surface area (Å²) in [5.74, 6) is 0. The number of benzene rings is 1. The molecule has 0 atom stereocenters. The van der Waals surface area contributed by atoms with E-state index in [2.05, 4.69) is 4.99 Å². The Morgan fingerprint density at radius 2 is 1.93 bits per heavy atom. The third kappa shape index (κ3) is 3.24. The number of nitrogens with zero attached hydrogens (tertiary/aromatic N) is 1. The summed E-state index contributed by atoms with van der Waals surface area (Å²) in [6.45, 7) is 0. The van der Waals surface area contributed by atoms with Gasteiger partial charge in [-0.15, -0.1) is 4.99 Å². The van der Waals surface area contributed by atoms with Crippen LogP contribution in [0.4, 0.5) is 8.78 Å². The molecule has 0 aromatic heterocycles. The molecule has 0 aliphatic carbocycles. The Bertz CT molecular complexity index is 358. The van der Waals surface area contributed by atoms with Crippen LogP contribution in [0.25, 0.3) is 0 Å². The second-order valence-corrected chi connectivity index (χ2v) is 3.11. The molecule has 5 heteroatoms. The van der Waals surface area contributed by atoms with Gasteiger partial charge < -0.3 is 0 Å². The molecule has 0 saturated carbocycles. The highest BCUT2D eigenvalue weighted by Gasteiger charge is 2.28. The number of alkyl halides is 2. The van der Waals surface area contributed by atoms with E-state index >= 15 is 0 Å². The zero-order valence-corrected chi connectivity index (χ0v) is 7.76. The first-order chi connectivity index (χ1) is 6.53. The lowest BCUT2D eigenvalue weighted by molar-refractivity contribution is 0.0118. The van der Waals surface area contributed by atoms with Crippen LogP contribution < -0.4 is 0 Å². The summed E-state index contributed by atoms with van der Waals surface area (Å²) < 4.78 is 25.5. The Hall–Kier alpha value is -1.25. The molecular formula is C9H6ClF2NO. The minimum atomic E-state index is -3.39. The Balaban J connectivity index is 2.78. The number of hydrogen-bond donors (Lipinski definition) is 0. The molecule has 0 radical (unpaired) electrons. The molecule has 0 unspecified atom stereocenters. The highest BCUT2D eigenvalue weighted by molar-refractivity contribution is 6.30. The van der Waals surface area contributed by atoms with Gasteiger partial charge in [-0.25, -0.2) is 4.79 Å². The summed E-state index contributed by atoms with van der Waals surface area (Å²) in [5.41, 5.74) is 0.360. The summed E-state index contributed by atoms with van der Waals surface area (Å²) >= 11 is 5.57. The van der Waals surface area contributed by atoms with Crippen molar-refractivity contribution in [1.29, 1.82) is 0 Å². The van der Waals surface area contributed by atoms with Crippen LogP contribution in [-0.2, 0) is 11.2 Å². The van der Waals surface area contributed by atoms with Crippen LogP contribution in [0, 0.1) is 0 Å². The van der Waals surface area contributed by atoms with Crippen LogP contribution in [0.2, 0.25) is 5.02 Å². The Kier molecular flexibility index (Phi) is 3.33. The molecule has 1 rings (SSSR count). The first kappa shape index (κ1) is 10.8. The molecule has 0 bridgehead atoms. The molecule has 1 aromatic carbocycles. The summed E-state index contributed by atoms with van der Waals surface area (Å²) in [6.07, 6.45) is 0.213. The molecule has 0 N–H and O–H groups in total. The number of aliphatic imine (C=N–C) groups is 1. The first-order valence-corrected chi connectivity index (χ1v) is 4.12. The Labute approximate surface area is 84.2 Å². The molecule has 14 heavy (non-hydrogen) atoms. The Morgan fingerprint density at radius 3 is 2.43 bits per heavy atom. The number of rotatable bonds is 3. The third-order valence-corrected chi connectivity index (χ3v) is 1.79. The monoisotopic (exact) mass is 217 g/mol. The van der Waals surface area contributed by atoms with Gasteiger partial charge in [-0.3, -0.25) is 0 Å². The van der Waals surface area contributed by atoms with Crippen LogP contribution >= 0.6 is 11.6 Å². The minimum absolute atomic E-state index is 0.360. The molecule has 0 aliphatic rings. The van der Waals surface area contributed by atoms with Gasteiger partial charge in [0.25, 0.3) is 0 Å². The Morgan fingerprint density at radius 1 is 1.36 bits per heavy atom. The normalized spacial score (nSPS) is 10.8. The maximum Gasteiger partial charge on any atom is 0.355 e. The summed E-state index contributed by atoms with van der Waals surface area (Å²) in [7, 11) is 0. The average molecular weight is 218 g/mol. The van der Waals surface area contributed by atoms with E-state index in [0.717, 1.165) is 6.08 Å². The number of isocyanates is 1. The van der Waals surface area contributed by atoms with Gasteiger partial charge in [-0.05, 0) is 17.7 Å². The van der Waals surface area contributed by atoms with Gasteiger partial charge in [0, 0.05) is 5.02 Å². The van der Waals surface area contributed by atoms with E-state index in [-0.39, 0.29) is 0 Å². The van der Waals surface area contributed by atoms with Crippen LogP contribution in [-0.4, -0.2) is 12.1 Å². The minimum Gasteiger partial charge on any atom is -0.211 e. The number of halogens is 3. The number of hydrogen-bond acceptors (Lipinski definition) is 2. The van der Waals surface area contributed by atoms with Crippen LogP contribution in [0.15, 0.2) is 29.3 Å². The summed E-state index contributed by atoms with van der Waals surface area (Å²) in [4.78, 5) is 12.1. The van der Waals surface area contributed by atoms with Crippen LogP contribution in [0.5, 0.6) is 0 Å². The van der Waals surface area contributed by atoms with E-state index in [1.807, 2.05) is 0 Å². The van der Waals surface area contributed by atoms with Gasteiger partial charge in [0.05, 0.1) is 6.42 Å². The lowest BCUT2D eigenvalue weighted by Gasteiger charge is -2.08. The van der Waals surface area contributed by atoms with Crippen LogP contribution in [0.3, 0.4) is 0 Å². The summed E-state index contributed by atoms with van der Waals surface area (Å²) in [6, 6.07) is 2.51. The van der Waals surface area contributed by atoms with Gasteiger partial charge in [0.15, 0.2) is 0 Å². The van der Waals surface area contributed by atoms with Crippen LogP contribution in [0.1, 0.15) is 5.56 Å². The fourth-order valence-corrected chi connectivity index (χ4v) is 1.08. The largest absolute Gasteiger partial charge is 0.355 e. The van der Waals surface area contributed by atoms with Crippen molar-refractivity contribution < 1.29 is 13.6 Å². The van der Waals surface area contributed by atoms with Gasteiger partial charge >= 0.3 is 6.05 Å².